The second-order valence-electron chi connectivity index (χ2n) is 5.69. The lowest BCUT2D eigenvalue weighted by Gasteiger charge is -2.27. The summed E-state index contributed by atoms with van der Waals surface area (Å²) in [5, 5.41) is 4.94. The summed E-state index contributed by atoms with van der Waals surface area (Å²) < 4.78 is 29.4. The molecule has 25 heavy (non-hydrogen) atoms. The number of ether oxygens (including phenoxy) is 1. The standard InChI is InChI=1S/C17H18N2O4S2/c20-16(19-17-18-8-11-24-17)14(12-4-2-1-3-5-12)15(25(21)22)13-6-9-23-10-7-13/h1-5,8,11,13-14H,6-7,9-10H2,(H,18,19,20). The van der Waals surface area contributed by atoms with Crippen LogP contribution in [0.5, 0.6) is 0 Å². The molecule has 1 aromatic heterocycles. The van der Waals surface area contributed by atoms with Crippen LogP contribution in [0.15, 0.2) is 41.9 Å². The zero-order valence-corrected chi connectivity index (χ0v) is 15.1. The van der Waals surface area contributed by atoms with Gasteiger partial charge in [0.25, 0.3) is 0 Å². The van der Waals surface area contributed by atoms with Crippen LogP contribution >= 0.6 is 11.3 Å². The van der Waals surface area contributed by atoms with Gasteiger partial charge in [0.05, 0.1) is 10.8 Å². The smallest absolute Gasteiger partial charge is 0.238 e. The number of benzene rings is 1. The Morgan fingerprint density at radius 3 is 2.56 bits per heavy atom. The Balaban J connectivity index is 2.00. The Hall–Kier alpha value is -2.03. The van der Waals surface area contributed by atoms with E-state index in [9.17, 15) is 13.2 Å². The second-order valence-corrected chi connectivity index (χ2v) is 7.53. The number of thiazole rings is 1. The van der Waals surface area contributed by atoms with E-state index in [1.165, 1.54) is 11.3 Å². The minimum Gasteiger partial charge on any atom is -0.381 e. The molecular formula is C17H18N2O4S2. The van der Waals surface area contributed by atoms with Crippen molar-refractivity contribution in [1.82, 2.24) is 4.98 Å². The third-order valence-electron chi connectivity index (χ3n) is 4.16. The van der Waals surface area contributed by atoms with E-state index in [1.807, 2.05) is 6.07 Å². The van der Waals surface area contributed by atoms with Gasteiger partial charge in [0.1, 0.15) is 0 Å². The van der Waals surface area contributed by atoms with Crippen molar-refractivity contribution in [3.8, 4) is 0 Å². The Kier molecular flexibility index (Phi) is 5.95. The molecule has 0 bridgehead atoms. The Morgan fingerprint density at radius 1 is 1.24 bits per heavy atom. The lowest BCUT2D eigenvalue weighted by molar-refractivity contribution is -0.116. The molecule has 1 atom stereocenters. The van der Waals surface area contributed by atoms with Crippen LogP contribution in [0.4, 0.5) is 5.13 Å². The summed E-state index contributed by atoms with van der Waals surface area (Å²) in [6.07, 6.45) is 2.78. The molecular weight excluding hydrogens is 360 g/mol. The van der Waals surface area contributed by atoms with Crippen molar-refractivity contribution in [2.24, 2.45) is 5.92 Å². The molecule has 3 rings (SSSR count). The molecule has 0 aliphatic carbocycles. The average Bonchev–Trinajstić information content (AvgIpc) is 3.13. The molecule has 1 unspecified atom stereocenters. The molecule has 1 fully saturated rings. The van der Waals surface area contributed by atoms with Gasteiger partial charge in [-0.2, -0.15) is 8.42 Å². The van der Waals surface area contributed by atoms with Crippen molar-refractivity contribution >= 4 is 37.5 Å². The molecule has 1 saturated heterocycles. The zero-order valence-electron chi connectivity index (χ0n) is 13.4. The van der Waals surface area contributed by atoms with Crippen LogP contribution in [-0.2, 0) is 19.8 Å². The monoisotopic (exact) mass is 378 g/mol. The van der Waals surface area contributed by atoms with Gasteiger partial charge in [-0.3, -0.25) is 4.79 Å². The maximum atomic E-state index is 12.9. The number of amides is 1. The highest BCUT2D eigenvalue weighted by atomic mass is 32.2. The topological polar surface area (TPSA) is 85.4 Å². The van der Waals surface area contributed by atoms with E-state index >= 15 is 0 Å². The molecule has 0 saturated carbocycles. The van der Waals surface area contributed by atoms with Gasteiger partial charge in [0, 0.05) is 30.7 Å². The van der Waals surface area contributed by atoms with Crippen molar-refractivity contribution in [1.29, 1.82) is 0 Å². The Labute approximate surface area is 151 Å². The predicted octanol–water partition coefficient (Wildman–Crippen LogP) is 2.34. The molecule has 132 valence electrons. The van der Waals surface area contributed by atoms with E-state index in [2.05, 4.69) is 10.3 Å². The van der Waals surface area contributed by atoms with Gasteiger partial charge < -0.3 is 10.1 Å². The maximum Gasteiger partial charge on any atom is 0.238 e. The largest absolute Gasteiger partial charge is 0.381 e. The number of aromatic nitrogens is 1. The number of hydrogen-bond donors (Lipinski definition) is 1. The summed E-state index contributed by atoms with van der Waals surface area (Å²) in [6.45, 7) is 1.00. The molecule has 1 aliphatic rings. The van der Waals surface area contributed by atoms with Crippen LogP contribution in [-0.4, -0.2) is 37.4 Å². The van der Waals surface area contributed by atoms with E-state index in [1.54, 1.807) is 35.8 Å². The second kappa shape index (κ2) is 8.37. The molecule has 1 N–H and O–H groups in total. The molecule has 1 amide bonds. The van der Waals surface area contributed by atoms with Gasteiger partial charge in [-0.05, 0) is 18.4 Å². The summed E-state index contributed by atoms with van der Waals surface area (Å²) in [6, 6.07) is 8.99. The number of nitrogens with one attached hydrogen (secondary N) is 1. The molecule has 8 heteroatoms. The summed E-state index contributed by atoms with van der Waals surface area (Å²) in [4.78, 5) is 17.2. The third kappa shape index (κ3) is 4.33. The molecule has 1 aromatic carbocycles. The van der Waals surface area contributed by atoms with Crippen LogP contribution in [0.2, 0.25) is 0 Å². The SMILES string of the molecule is O=C(Nc1nccs1)C(C(C1CCOCC1)=S(=O)=O)c1ccccc1. The molecule has 2 aromatic rings. The minimum atomic E-state index is -2.47. The van der Waals surface area contributed by atoms with E-state index in [4.69, 9.17) is 4.74 Å². The van der Waals surface area contributed by atoms with E-state index in [-0.39, 0.29) is 16.7 Å². The number of hydrogen-bond acceptors (Lipinski definition) is 6. The van der Waals surface area contributed by atoms with Crippen molar-refractivity contribution < 1.29 is 17.9 Å². The number of carbonyl (C=O) groups excluding carboxylic acids is 1. The van der Waals surface area contributed by atoms with E-state index < -0.39 is 16.2 Å². The van der Waals surface area contributed by atoms with Crippen molar-refractivity contribution in [2.75, 3.05) is 18.5 Å². The van der Waals surface area contributed by atoms with Gasteiger partial charge >= 0.3 is 0 Å². The molecule has 2 heterocycles. The first-order valence-electron chi connectivity index (χ1n) is 7.96. The fourth-order valence-electron chi connectivity index (χ4n) is 3.00. The molecule has 0 radical (unpaired) electrons. The fraction of sp³-hybridized carbons (Fsp3) is 0.353. The summed E-state index contributed by atoms with van der Waals surface area (Å²) >= 11 is 1.29. The highest BCUT2D eigenvalue weighted by Crippen LogP contribution is 2.28. The Morgan fingerprint density at radius 2 is 1.96 bits per heavy atom. The van der Waals surface area contributed by atoms with Crippen molar-refractivity contribution in [2.45, 2.75) is 18.8 Å². The first kappa shape index (κ1) is 17.8. The van der Waals surface area contributed by atoms with Gasteiger partial charge in [-0.15, -0.1) is 11.3 Å². The average molecular weight is 378 g/mol. The summed E-state index contributed by atoms with van der Waals surface area (Å²) in [5.41, 5.74) is 0.655. The highest BCUT2D eigenvalue weighted by Gasteiger charge is 2.34. The summed E-state index contributed by atoms with van der Waals surface area (Å²) in [7, 11) is -2.47. The first-order valence-corrected chi connectivity index (χ1v) is 9.91. The van der Waals surface area contributed by atoms with Crippen LogP contribution in [0, 0.1) is 5.92 Å². The zero-order chi connectivity index (χ0) is 17.6. The fourth-order valence-corrected chi connectivity index (χ4v) is 4.48. The van der Waals surface area contributed by atoms with Crippen molar-refractivity contribution in [3.05, 3.63) is 47.5 Å². The minimum absolute atomic E-state index is 0.195. The number of rotatable bonds is 5. The predicted molar refractivity (Wildman–Crippen MR) is 97.4 cm³/mol. The summed E-state index contributed by atoms with van der Waals surface area (Å²) in [5.74, 6) is -1.45. The Bertz CT molecular complexity index is 834. The van der Waals surface area contributed by atoms with Crippen LogP contribution in [0.3, 0.4) is 0 Å². The third-order valence-corrected chi connectivity index (χ3v) is 5.80. The van der Waals surface area contributed by atoms with E-state index in [0.29, 0.717) is 36.8 Å². The molecule has 0 spiro atoms. The number of anilines is 1. The van der Waals surface area contributed by atoms with Gasteiger partial charge in [-0.1, -0.05) is 30.3 Å². The number of nitrogens with zero attached hydrogens (tertiary/aromatic N) is 1. The normalized spacial score (nSPS) is 16.2. The van der Waals surface area contributed by atoms with E-state index in [0.717, 1.165) is 0 Å². The quantitative estimate of drug-likeness (QED) is 0.807. The number of carbonyl (C=O) groups is 1. The lowest BCUT2D eigenvalue weighted by atomic mass is 9.84. The van der Waals surface area contributed by atoms with Crippen LogP contribution in [0.25, 0.3) is 0 Å². The van der Waals surface area contributed by atoms with Gasteiger partial charge in [0.2, 0.25) is 16.2 Å². The lowest BCUT2D eigenvalue weighted by Crippen LogP contribution is -2.35. The molecule has 6 nitrogen and oxygen atoms in total. The maximum absolute atomic E-state index is 12.9. The van der Waals surface area contributed by atoms with Crippen LogP contribution < -0.4 is 5.32 Å². The molecule has 1 aliphatic heterocycles. The van der Waals surface area contributed by atoms with Gasteiger partial charge in [0.15, 0.2) is 5.13 Å². The van der Waals surface area contributed by atoms with Gasteiger partial charge in [-0.25, -0.2) is 4.98 Å². The van der Waals surface area contributed by atoms with Crippen LogP contribution in [0.1, 0.15) is 24.3 Å². The van der Waals surface area contributed by atoms with Crippen molar-refractivity contribution in [3.63, 3.8) is 0 Å². The highest BCUT2D eigenvalue weighted by molar-refractivity contribution is 7.73. The first-order chi connectivity index (χ1) is 12.2.